The second-order valence-electron chi connectivity index (χ2n) is 1.60. The molecule has 0 bridgehead atoms. The Labute approximate surface area is 76.9 Å². The minimum absolute atomic E-state index is 0.750. The van der Waals surface area contributed by atoms with Crippen LogP contribution in [0.15, 0.2) is 0 Å². The average molecular weight is 193 g/mol. The molecule has 0 aromatic carbocycles. The smallest absolute Gasteiger partial charge is 0.222 e. The number of unbranched alkanes of at least 4 members (excludes halogenated alkanes) is 2. The number of isocyanates is 2. The molecule has 0 aromatic rings. The number of hydrogen-bond acceptors (Lipinski definition) is 4. The molecule has 0 aliphatic heterocycles. The maximum atomic E-state index is 8.35. The summed E-state index contributed by atoms with van der Waals surface area (Å²) in [5.74, 6) is 0.827. The van der Waals surface area contributed by atoms with E-state index < -0.39 is 0 Å². The molecule has 0 aliphatic carbocycles. The zero-order valence-corrected chi connectivity index (χ0v) is 7.78. The van der Waals surface area contributed by atoms with Gasteiger partial charge in [-0.25, -0.2) is 20.4 Å². The third kappa shape index (κ3) is 140. The van der Waals surface area contributed by atoms with Gasteiger partial charge < -0.3 is 0 Å². The number of carbonyl (C=O) groups excluding carboxylic acids is 2. The molecule has 0 unspecified atom stereocenters. The second kappa shape index (κ2) is 32.3. The minimum Gasteiger partial charge on any atom is -0.222 e. The minimum atomic E-state index is 0.750. The number of nitrogens with one attached hydrogen (secondary N) is 2. The fraction of sp³-hybridized carbons (Fsp3) is 0.714. The van der Waals surface area contributed by atoms with Gasteiger partial charge in [0.15, 0.2) is 0 Å². The molecule has 0 rings (SSSR count). The first-order valence-electron chi connectivity index (χ1n) is 3.38. The van der Waals surface area contributed by atoms with Crippen LogP contribution in [0, 0.1) is 10.8 Å². The van der Waals surface area contributed by atoms with Gasteiger partial charge in [-0.2, -0.15) is 0 Å². The van der Waals surface area contributed by atoms with Crippen LogP contribution in [0.5, 0.6) is 0 Å². The summed E-state index contributed by atoms with van der Waals surface area (Å²) in [5, 5.41) is 10.8. The van der Waals surface area contributed by atoms with Crippen LogP contribution in [0.1, 0.15) is 26.2 Å². The Morgan fingerprint density at radius 3 is 1.58 bits per heavy atom. The predicted octanol–water partition coefficient (Wildman–Crippen LogP) is 2.22. The van der Waals surface area contributed by atoms with Gasteiger partial charge in [0.1, 0.15) is 0 Å². The van der Waals surface area contributed by atoms with Crippen molar-refractivity contribution in [2.75, 3.05) is 5.88 Å². The van der Waals surface area contributed by atoms with Gasteiger partial charge in [0.05, 0.1) is 0 Å². The Bertz CT molecular complexity index is 111. The van der Waals surface area contributed by atoms with Gasteiger partial charge >= 0.3 is 0 Å². The molecule has 0 atom stereocenters. The molecule has 0 fully saturated rings. The molecule has 0 heterocycles. The first-order valence-corrected chi connectivity index (χ1v) is 3.92. The summed E-state index contributed by atoms with van der Waals surface area (Å²) in [4.78, 5) is 16.7. The van der Waals surface area contributed by atoms with Crippen LogP contribution in [-0.4, -0.2) is 18.0 Å². The number of halogens is 1. The highest BCUT2D eigenvalue weighted by Gasteiger charge is 1.76. The summed E-state index contributed by atoms with van der Waals surface area (Å²) >= 11 is 5.38. The van der Waals surface area contributed by atoms with Crippen LogP contribution < -0.4 is 0 Å². The Morgan fingerprint density at radius 2 is 1.50 bits per heavy atom. The van der Waals surface area contributed by atoms with Crippen molar-refractivity contribution >= 4 is 23.8 Å². The zero-order chi connectivity index (χ0) is 10.2. The van der Waals surface area contributed by atoms with Crippen LogP contribution in [0.25, 0.3) is 0 Å². The van der Waals surface area contributed by atoms with Gasteiger partial charge in [0, 0.05) is 5.88 Å². The summed E-state index contributed by atoms with van der Waals surface area (Å²) in [7, 11) is 0. The summed E-state index contributed by atoms with van der Waals surface area (Å²) in [6.45, 7) is 2.17. The van der Waals surface area contributed by atoms with Crippen LogP contribution in [0.3, 0.4) is 0 Å². The van der Waals surface area contributed by atoms with Crippen molar-refractivity contribution in [1.29, 1.82) is 10.8 Å². The van der Waals surface area contributed by atoms with Crippen molar-refractivity contribution in [2.45, 2.75) is 26.2 Å². The Kier molecular flexibility index (Phi) is 46.3. The second-order valence-corrected chi connectivity index (χ2v) is 1.98. The van der Waals surface area contributed by atoms with Crippen molar-refractivity contribution in [3.8, 4) is 0 Å². The van der Waals surface area contributed by atoms with Crippen LogP contribution in [-0.2, 0) is 9.59 Å². The first kappa shape index (κ1) is 17.2. The van der Waals surface area contributed by atoms with E-state index in [1.165, 1.54) is 19.3 Å². The van der Waals surface area contributed by atoms with Crippen LogP contribution in [0.4, 0.5) is 0 Å². The maximum absolute atomic E-state index is 8.35. The lowest BCUT2D eigenvalue weighted by molar-refractivity contribution is 0.562. The zero-order valence-electron chi connectivity index (χ0n) is 7.02. The third-order valence-electron chi connectivity index (χ3n) is 0.737. The predicted molar refractivity (Wildman–Crippen MR) is 47.1 cm³/mol. The standard InChI is InChI=1S/C5H11Cl.2CHNO/c1-2-3-4-5-6;2*2-1-3/h2-5H2,1H3;2*2H. The van der Waals surface area contributed by atoms with Gasteiger partial charge in [0.25, 0.3) is 0 Å². The molecular weight excluding hydrogens is 180 g/mol. The van der Waals surface area contributed by atoms with E-state index in [1.807, 2.05) is 0 Å². The van der Waals surface area contributed by atoms with Gasteiger partial charge in [0.2, 0.25) is 12.2 Å². The van der Waals surface area contributed by atoms with E-state index in [0.717, 1.165) is 18.0 Å². The Balaban J connectivity index is -0.000000115. The van der Waals surface area contributed by atoms with E-state index >= 15 is 0 Å². The summed E-state index contributed by atoms with van der Waals surface area (Å²) < 4.78 is 0. The SMILES string of the molecule is CCCCCCl.N=C=O.N=C=O. The summed E-state index contributed by atoms with van der Waals surface area (Å²) in [6, 6.07) is 0. The van der Waals surface area contributed by atoms with Crippen molar-refractivity contribution in [1.82, 2.24) is 0 Å². The summed E-state index contributed by atoms with van der Waals surface area (Å²) in [6.07, 6.45) is 5.23. The molecule has 0 radical (unpaired) electrons. The molecule has 70 valence electrons. The number of hydrogen-bond donors (Lipinski definition) is 2. The Morgan fingerprint density at radius 1 is 1.17 bits per heavy atom. The van der Waals surface area contributed by atoms with Crippen LogP contribution in [0.2, 0.25) is 0 Å². The molecule has 0 aliphatic rings. The molecule has 12 heavy (non-hydrogen) atoms. The van der Waals surface area contributed by atoms with Gasteiger partial charge in [-0.3, -0.25) is 0 Å². The molecule has 4 nitrogen and oxygen atoms in total. The molecule has 0 spiro atoms. The molecular formula is C7H13ClN2O2. The normalized spacial score (nSPS) is 5.83. The molecule has 0 saturated heterocycles. The van der Waals surface area contributed by atoms with E-state index in [-0.39, 0.29) is 0 Å². The third-order valence-corrected chi connectivity index (χ3v) is 1.00. The molecule has 0 saturated carbocycles. The molecule has 0 aromatic heterocycles. The lowest BCUT2D eigenvalue weighted by Crippen LogP contribution is -1.70. The van der Waals surface area contributed by atoms with E-state index in [1.54, 1.807) is 0 Å². The summed E-state index contributed by atoms with van der Waals surface area (Å²) in [5.41, 5.74) is 0. The molecule has 2 N–H and O–H groups in total. The maximum Gasteiger partial charge on any atom is 0.231 e. The van der Waals surface area contributed by atoms with E-state index in [4.69, 9.17) is 32.0 Å². The average Bonchev–Trinajstić information content (AvgIpc) is 2.04. The fourth-order valence-electron chi connectivity index (χ4n) is 0.344. The van der Waals surface area contributed by atoms with Gasteiger partial charge in [-0.15, -0.1) is 11.6 Å². The van der Waals surface area contributed by atoms with E-state index in [0.29, 0.717) is 0 Å². The number of alkyl halides is 1. The van der Waals surface area contributed by atoms with Gasteiger partial charge in [-0.05, 0) is 6.42 Å². The highest BCUT2D eigenvalue weighted by atomic mass is 35.5. The van der Waals surface area contributed by atoms with Crippen molar-refractivity contribution < 1.29 is 9.59 Å². The lowest BCUT2D eigenvalue weighted by Gasteiger charge is -1.84. The Hall–Kier alpha value is -0.950. The highest BCUT2D eigenvalue weighted by molar-refractivity contribution is 6.17. The van der Waals surface area contributed by atoms with Crippen LogP contribution >= 0.6 is 11.6 Å². The van der Waals surface area contributed by atoms with Crippen molar-refractivity contribution in [3.63, 3.8) is 0 Å². The largest absolute Gasteiger partial charge is 0.231 e. The van der Waals surface area contributed by atoms with Crippen molar-refractivity contribution in [3.05, 3.63) is 0 Å². The molecule has 5 heteroatoms. The van der Waals surface area contributed by atoms with Crippen molar-refractivity contribution in [2.24, 2.45) is 0 Å². The quantitative estimate of drug-likeness (QED) is 0.311. The molecule has 0 amide bonds. The topological polar surface area (TPSA) is 81.8 Å². The number of rotatable bonds is 3. The highest BCUT2D eigenvalue weighted by Crippen LogP contribution is 1.93. The van der Waals surface area contributed by atoms with E-state index in [2.05, 4.69) is 6.92 Å². The monoisotopic (exact) mass is 192 g/mol. The van der Waals surface area contributed by atoms with Gasteiger partial charge in [-0.1, -0.05) is 19.8 Å². The lowest BCUT2D eigenvalue weighted by atomic mass is 10.3. The van der Waals surface area contributed by atoms with E-state index in [9.17, 15) is 0 Å². The first-order chi connectivity index (χ1) is 5.74. The fourth-order valence-corrected chi connectivity index (χ4v) is 0.533.